The van der Waals surface area contributed by atoms with Crippen molar-refractivity contribution in [1.29, 1.82) is 0 Å². The molecule has 1 fully saturated rings. The van der Waals surface area contributed by atoms with Gasteiger partial charge in [-0.1, -0.05) is 6.92 Å². The third-order valence-electron chi connectivity index (χ3n) is 4.91. The smallest absolute Gasteiger partial charge is 0.333 e. The van der Waals surface area contributed by atoms with E-state index in [9.17, 15) is 23.5 Å². The first-order valence-electron chi connectivity index (χ1n) is 8.03. The molecule has 1 heterocycles. The van der Waals surface area contributed by atoms with Gasteiger partial charge >= 0.3 is 12.5 Å². The zero-order valence-corrected chi connectivity index (χ0v) is 14.1. The van der Waals surface area contributed by atoms with E-state index < -0.39 is 24.0 Å². The maximum absolute atomic E-state index is 12.9. The fourth-order valence-corrected chi connectivity index (χ4v) is 3.26. The molecule has 0 aromatic carbocycles. The summed E-state index contributed by atoms with van der Waals surface area (Å²) in [6.07, 6.45) is 2.06. The van der Waals surface area contributed by atoms with Crippen LogP contribution in [0.1, 0.15) is 56.1 Å². The van der Waals surface area contributed by atoms with Crippen LogP contribution in [0.15, 0.2) is 0 Å². The molecule has 0 aliphatic heterocycles. The third kappa shape index (κ3) is 3.57. The normalized spacial score (nSPS) is 24.2. The average molecular weight is 343 g/mol. The van der Waals surface area contributed by atoms with E-state index in [0.29, 0.717) is 34.7 Å². The minimum atomic E-state index is -2.77. The number of aryl methyl sites for hydroxylation is 1. The largest absolute Gasteiger partial charge is 0.480 e. The van der Waals surface area contributed by atoms with Gasteiger partial charge < -0.3 is 10.4 Å². The highest BCUT2D eigenvalue weighted by Gasteiger charge is 2.42. The molecule has 1 aliphatic rings. The second kappa shape index (κ2) is 6.86. The first-order chi connectivity index (χ1) is 11.2. The van der Waals surface area contributed by atoms with Crippen LogP contribution in [-0.4, -0.2) is 32.3 Å². The fraction of sp³-hybridized carbons (Fsp3) is 0.688. The molecule has 2 N–H and O–H groups in total. The minimum absolute atomic E-state index is 0.158. The van der Waals surface area contributed by atoms with Gasteiger partial charge in [0.25, 0.3) is 0 Å². The molecule has 2 rings (SSSR count). The highest BCUT2D eigenvalue weighted by Crippen LogP contribution is 2.32. The number of carbonyl (C=O) groups is 2. The number of carboxylic acids is 1. The van der Waals surface area contributed by atoms with E-state index in [0.717, 1.165) is 12.8 Å². The number of alkyl halides is 2. The van der Waals surface area contributed by atoms with Gasteiger partial charge in [0, 0.05) is 11.3 Å². The summed E-state index contributed by atoms with van der Waals surface area (Å²) in [5, 5.41) is 15.9. The molecule has 1 amide bonds. The SMILES string of the molecule is Cc1nn(C(F)F)c(C)c1CC(=O)NC1(C(=O)O)CCC(C)CC1. The molecule has 1 aromatic heterocycles. The van der Waals surface area contributed by atoms with Gasteiger partial charge in [0.1, 0.15) is 5.54 Å². The van der Waals surface area contributed by atoms with Crippen LogP contribution < -0.4 is 5.32 Å². The number of hydrogen-bond acceptors (Lipinski definition) is 3. The molecule has 1 aliphatic carbocycles. The van der Waals surface area contributed by atoms with Crippen molar-refractivity contribution in [3.63, 3.8) is 0 Å². The number of hydrogen-bond donors (Lipinski definition) is 2. The van der Waals surface area contributed by atoms with Gasteiger partial charge in [0.05, 0.1) is 12.1 Å². The number of carboxylic acid groups (broad SMARTS) is 1. The molecule has 0 bridgehead atoms. The van der Waals surface area contributed by atoms with Gasteiger partial charge in [-0.3, -0.25) is 4.79 Å². The standard InChI is InChI=1S/C16H23F2N3O3/c1-9-4-6-16(7-5-9,14(23)24)19-13(22)8-12-10(2)20-21(11(12)3)15(17)18/h9,15H,4-8H2,1-3H3,(H,19,22)(H,23,24). The van der Waals surface area contributed by atoms with Crippen molar-refractivity contribution >= 4 is 11.9 Å². The van der Waals surface area contributed by atoms with Crippen LogP contribution >= 0.6 is 0 Å². The van der Waals surface area contributed by atoms with Crippen LogP contribution in [0.5, 0.6) is 0 Å². The lowest BCUT2D eigenvalue weighted by Crippen LogP contribution is -2.56. The Labute approximate surface area is 139 Å². The summed E-state index contributed by atoms with van der Waals surface area (Å²) in [7, 11) is 0. The highest BCUT2D eigenvalue weighted by atomic mass is 19.3. The number of nitrogens with zero attached hydrogens (tertiary/aromatic N) is 2. The molecule has 0 spiro atoms. The molecule has 6 nitrogen and oxygen atoms in total. The summed E-state index contributed by atoms with van der Waals surface area (Å²) >= 11 is 0. The molecule has 0 radical (unpaired) electrons. The molecule has 0 saturated heterocycles. The quantitative estimate of drug-likeness (QED) is 0.861. The third-order valence-corrected chi connectivity index (χ3v) is 4.91. The molecule has 0 atom stereocenters. The number of halogens is 2. The van der Waals surface area contributed by atoms with Crippen molar-refractivity contribution in [2.45, 2.75) is 65.0 Å². The highest BCUT2D eigenvalue weighted by molar-refractivity contribution is 5.88. The lowest BCUT2D eigenvalue weighted by Gasteiger charge is -2.36. The van der Waals surface area contributed by atoms with E-state index in [4.69, 9.17) is 0 Å². The Kier molecular flexibility index (Phi) is 5.25. The first kappa shape index (κ1) is 18.4. The van der Waals surface area contributed by atoms with Gasteiger partial charge in [-0.05, 0) is 45.4 Å². The van der Waals surface area contributed by atoms with Gasteiger partial charge in [0.15, 0.2) is 0 Å². The van der Waals surface area contributed by atoms with E-state index in [1.165, 1.54) is 6.92 Å². The molecule has 24 heavy (non-hydrogen) atoms. The molecule has 0 unspecified atom stereocenters. The van der Waals surface area contributed by atoms with E-state index in [-0.39, 0.29) is 12.1 Å². The number of rotatable bonds is 5. The average Bonchev–Trinajstić information content (AvgIpc) is 2.78. The summed E-state index contributed by atoms with van der Waals surface area (Å²) in [5.41, 5.74) is -0.272. The summed E-state index contributed by atoms with van der Waals surface area (Å²) in [6, 6.07) is 0. The van der Waals surface area contributed by atoms with Crippen LogP contribution in [0.3, 0.4) is 0 Å². The van der Waals surface area contributed by atoms with Crippen molar-refractivity contribution in [2.24, 2.45) is 5.92 Å². The van der Waals surface area contributed by atoms with Crippen molar-refractivity contribution in [1.82, 2.24) is 15.1 Å². The van der Waals surface area contributed by atoms with Crippen LogP contribution in [0, 0.1) is 19.8 Å². The summed E-state index contributed by atoms with van der Waals surface area (Å²) < 4.78 is 26.3. The lowest BCUT2D eigenvalue weighted by atomic mass is 9.77. The maximum atomic E-state index is 12.9. The van der Waals surface area contributed by atoms with Crippen molar-refractivity contribution < 1.29 is 23.5 Å². The monoisotopic (exact) mass is 343 g/mol. The number of aliphatic carboxylic acids is 1. The van der Waals surface area contributed by atoms with Crippen molar-refractivity contribution in [2.75, 3.05) is 0 Å². The Balaban J connectivity index is 2.14. The lowest BCUT2D eigenvalue weighted by molar-refractivity contribution is -0.149. The van der Waals surface area contributed by atoms with Gasteiger partial charge in [-0.2, -0.15) is 13.9 Å². The first-order valence-corrected chi connectivity index (χ1v) is 8.03. The van der Waals surface area contributed by atoms with Crippen LogP contribution in [0.4, 0.5) is 8.78 Å². The van der Waals surface area contributed by atoms with E-state index in [1.54, 1.807) is 6.92 Å². The van der Waals surface area contributed by atoms with E-state index >= 15 is 0 Å². The van der Waals surface area contributed by atoms with Crippen LogP contribution in [0.2, 0.25) is 0 Å². The second-order valence-electron chi connectivity index (χ2n) is 6.67. The summed E-state index contributed by atoms with van der Waals surface area (Å²) in [4.78, 5) is 24.0. The van der Waals surface area contributed by atoms with Crippen molar-refractivity contribution in [3.8, 4) is 0 Å². The zero-order valence-electron chi connectivity index (χ0n) is 14.1. The van der Waals surface area contributed by atoms with E-state index in [2.05, 4.69) is 17.3 Å². The summed E-state index contributed by atoms with van der Waals surface area (Å²) in [5.74, 6) is -1.09. The summed E-state index contributed by atoms with van der Waals surface area (Å²) in [6.45, 7) is 2.32. The van der Waals surface area contributed by atoms with Crippen LogP contribution in [0.25, 0.3) is 0 Å². The number of carbonyl (C=O) groups excluding carboxylic acids is 1. The maximum Gasteiger partial charge on any atom is 0.333 e. The molecular formula is C16H23F2N3O3. The van der Waals surface area contributed by atoms with Gasteiger partial charge in [0.2, 0.25) is 5.91 Å². The Bertz CT molecular complexity index is 635. The number of aromatic nitrogens is 2. The molecule has 8 heteroatoms. The van der Waals surface area contributed by atoms with E-state index in [1.807, 2.05) is 0 Å². The predicted octanol–water partition coefficient (Wildman–Crippen LogP) is 2.59. The van der Waals surface area contributed by atoms with Crippen LogP contribution in [-0.2, 0) is 16.0 Å². The Morgan fingerprint density at radius 2 is 1.96 bits per heavy atom. The zero-order chi connectivity index (χ0) is 18.1. The fourth-order valence-electron chi connectivity index (χ4n) is 3.26. The molecule has 1 aromatic rings. The molecular weight excluding hydrogens is 320 g/mol. The second-order valence-corrected chi connectivity index (χ2v) is 6.67. The Morgan fingerprint density at radius 3 is 2.42 bits per heavy atom. The predicted molar refractivity (Wildman–Crippen MR) is 82.8 cm³/mol. The Morgan fingerprint density at radius 1 is 1.38 bits per heavy atom. The van der Waals surface area contributed by atoms with Crippen molar-refractivity contribution in [3.05, 3.63) is 17.0 Å². The number of amides is 1. The van der Waals surface area contributed by atoms with Gasteiger partial charge in [-0.25, -0.2) is 9.48 Å². The molecule has 134 valence electrons. The van der Waals surface area contributed by atoms with Gasteiger partial charge in [-0.15, -0.1) is 0 Å². The topological polar surface area (TPSA) is 84.2 Å². The number of nitrogens with one attached hydrogen (secondary N) is 1. The minimum Gasteiger partial charge on any atom is -0.480 e. The molecule has 1 saturated carbocycles. The Hall–Kier alpha value is -1.99.